The molecule has 0 spiro atoms. The highest BCUT2D eigenvalue weighted by Crippen LogP contribution is 2.24. The maximum atomic E-state index is 11.8. The van der Waals surface area contributed by atoms with Gasteiger partial charge in [-0.1, -0.05) is 12.1 Å². The number of hydrogen-bond acceptors (Lipinski definition) is 5. The van der Waals surface area contributed by atoms with Crippen LogP contribution in [0.15, 0.2) is 24.3 Å². The van der Waals surface area contributed by atoms with Crippen LogP contribution in [0, 0.1) is 10.1 Å². The maximum absolute atomic E-state index is 11.8. The molecular weight excluding hydrogens is 244 g/mol. The molecule has 2 amide bonds. The van der Waals surface area contributed by atoms with E-state index in [0.29, 0.717) is 0 Å². The van der Waals surface area contributed by atoms with E-state index >= 15 is 0 Å². The summed E-state index contributed by atoms with van der Waals surface area (Å²) in [5.41, 5.74) is -0.0637. The molecule has 0 bridgehead atoms. The van der Waals surface area contributed by atoms with E-state index in [1.165, 1.54) is 24.3 Å². The molecule has 1 N–H and O–H groups in total. The van der Waals surface area contributed by atoms with Crippen LogP contribution in [0.3, 0.4) is 0 Å². The fourth-order valence-electron chi connectivity index (χ4n) is 1.72. The van der Waals surface area contributed by atoms with Crippen LogP contribution >= 0.6 is 0 Å². The molecule has 1 aromatic carbocycles. The first-order chi connectivity index (χ1) is 8.45. The van der Waals surface area contributed by atoms with Gasteiger partial charge in [-0.3, -0.25) is 19.7 Å². The van der Waals surface area contributed by atoms with Crippen molar-refractivity contribution < 1.29 is 24.4 Å². The van der Waals surface area contributed by atoms with E-state index in [9.17, 15) is 24.5 Å². The van der Waals surface area contributed by atoms with Gasteiger partial charge in [0.25, 0.3) is 11.8 Å². The minimum absolute atomic E-state index is 0.0319. The third-order valence-electron chi connectivity index (χ3n) is 2.49. The summed E-state index contributed by atoms with van der Waals surface area (Å²) in [5.74, 6) is -3.81. The van der Waals surface area contributed by atoms with Crippen LogP contribution in [0.5, 0.6) is 0 Å². The molecule has 1 unspecified atom stereocenters. The van der Waals surface area contributed by atoms with Gasteiger partial charge in [0.15, 0.2) is 0 Å². The van der Waals surface area contributed by atoms with Crippen molar-refractivity contribution in [3.8, 4) is 0 Å². The second kappa shape index (κ2) is 3.91. The second-order valence-electron chi connectivity index (χ2n) is 3.52. The van der Waals surface area contributed by atoms with E-state index < -0.39 is 28.9 Å². The summed E-state index contributed by atoms with van der Waals surface area (Å²) in [4.78, 5) is 44.0. The second-order valence-corrected chi connectivity index (χ2v) is 3.52. The highest BCUT2D eigenvalue weighted by atomic mass is 16.6. The molecule has 0 aliphatic carbocycles. The Hall–Kier alpha value is -2.77. The SMILES string of the molecule is O=C(O)C(N1C(=O)c2ccccc2C1=O)[N+](=O)[O-]. The molecule has 0 fully saturated rings. The van der Waals surface area contributed by atoms with Gasteiger partial charge in [-0.15, -0.1) is 0 Å². The number of benzene rings is 1. The highest BCUT2D eigenvalue weighted by molar-refractivity contribution is 6.22. The maximum Gasteiger partial charge on any atom is 0.402 e. The molecule has 0 saturated heterocycles. The molecule has 1 atom stereocenters. The van der Waals surface area contributed by atoms with Gasteiger partial charge in [-0.2, -0.15) is 4.90 Å². The molecule has 1 aliphatic rings. The summed E-state index contributed by atoms with van der Waals surface area (Å²) in [5, 5.41) is 19.4. The third-order valence-corrected chi connectivity index (χ3v) is 2.49. The van der Waals surface area contributed by atoms with Crippen molar-refractivity contribution >= 4 is 17.8 Å². The number of rotatable bonds is 3. The lowest BCUT2D eigenvalue weighted by atomic mass is 10.1. The third kappa shape index (κ3) is 1.51. The Morgan fingerprint density at radius 3 is 2.00 bits per heavy atom. The molecule has 8 heteroatoms. The predicted octanol–water partition coefficient (Wildman–Crippen LogP) is -0.0300. The predicted molar refractivity (Wildman–Crippen MR) is 55.4 cm³/mol. The Morgan fingerprint density at radius 1 is 1.22 bits per heavy atom. The average molecular weight is 250 g/mol. The number of hydrogen-bond donors (Lipinski definition) is 1. The number of nitrogens with zero attached hydrogens (tertiary/aromatic N) is 2. The standard InChI is InChI=1S/C10H6N2O6/c13-8-5-3-1-2-4-6(5)9(14)11(8)7(10(15)16)12(17)18/h1-4,7H,(H,15,16). The number of carbonyl (C=O) groups is 3. The van der Waals surface area contributed by atoms with Gasteiger partial charge >= 0.3 is 12.1 Å². The summed E-state index contributed by atoms with van der Waals surface area (Å²) in [7, 11) is 0. The average Bonchev–Trinajstić information content (AvgIpc) is 2.55. The van der Waals surface area contributed by atoms with Gasteiger partial charge in [0, 0.05) is 0 Å². The van der Waals surface area contributed by atoms with Gasteiger partial charge in [0.1, 0.15) is 0 Å². The van der Waals surface area contributed by atoms with Crippen molar-refractivity contribution in [2.75, 3.05) is 0 Å². The molecule has 1 aromatic rings. The molecular formula is C10H6N2O6. The van der Waals surface area contributed by atoms with E-state index in [1.54, 1.807) is 0 Å². The Morgan fingerprint density at radius 2 is 1.67 bits per heavy atom. The summed E-state index contributed by atoms with van der Waals surface area (Å²) >= 11 is 0. The summed E-state index contributed by atoms with van der Waals surface area (Å²) in [6.45, 7) is 0. The van der Waals surface area contributed by atoms with E-state index in [-0.39, 0.29) is 16.0 Å². The lowest BCUT2D eigenvalue weighted by Crippen LogP contribution is -2.49. The van der Waals surface area contributed by atoms with Crippen LogP contribution in [0.2, 0.25) is 0 Å². The van der Waals surface area contributed by atoms with Crippen molar-refractivity contribution in [1.82, 2.24) is 4.90 Å². The van der Waals surface area contributed by atoms with Crippen molar-refractivity contribution in [2.24, 2.45) is 0 Å². The fourth-order valence-corrected chi connectivity index (χ4v) is 1.72. The molecule has 0 aromatic heterocycles. The summed E-state index contributed by atoms with van der Waals surface area (Å²) in [6, 6.07) is 5.59. The number of fused-ring (bicyclic) bond motifs is 1. The number of carboxylic acids is 1. The van der Waals surface area contributed by atoms with Gasteiger partial charge in [-0.05, 0) is 12.1 Å². The first kappa shape index (κ1) is 11.7. The van der Waals surface area contributed by atoms with Gasteiger partial charge < -0.3 is 5.11 Å². The van der Waals surface area contributed by atoms with Crippen LogP contribution in [0.1, 0.15) is 20.7 Å². The van der Waals surface area contributed by atoms with Crippen LogP contribution in [-0.4, -0.2) is 38.9 Å². The molecule has 1 aliphatic heterocycles. The first-order valence-electron chi connectivity index (χ1n) is 4.78. The van der Waals surface area contributed by atoms with E-state index in [4.69, 9.17) is 5.11 Å². The van der Waals surface area contributed by atoms with E-state index in [2.05, 4.69) is 0 Å². The van der Waals surface area contributed by atoms with Crippen molar-refractivity contribution in [3.05, 3.63) is 45.5 Å². The zero-order valence-corrected chi connectivity index (χ0v) is 8.77. The number of nitro groups is 1. The first-order valence-corrected chi connectivity index (χ1v) is 4.78. The molecule has 0 radical (unpaired) electrons. The zero-order valence-electron chi connectivity index (χ0n) is 8.77. The Labute approximate surface area is 99.6 Å². The quantitative estimate of drug-likeness (QED) is 0.457. The number of amides is 2. The lowest BCUT2D eigenvalue weighted by Gasteiger charge is -2.14. The van der Waals surface area contributed by atoms with Gasteiger partial charge in [0.05, 0.1) is 16.1 Å². The molecule has 92 valence electrons. The minimum Gasteiger partial charge on any atom is -0.475 e. The Balaban J connectivity index is 2.51. The smallest absolute Gasteiger partial charge is 0.402 e. The van der Waals surface area contributed by atoms with Crippen molar-refractivity contribution in [1.29, 1.82) is 0 Å². The number of aliphatic carboxylic acids is 1. The molecule has 1 heterocycles. The largest absolute Gasteiger partial charge is 0.475 e. The molecule has 8 nitrogen and oxygen atoms in total. The fraction of sp³-hybridized carbons (Fsp3) is 0.100. The van der Waals surface area contributed by atoms with Crippen LogP contribution in [-0.2, 0) is 4.79 Å². The Bertz CT molecular complexity index is 532. The Kier molecular flexibility index (Phi) is 2.55. The van der Waals surface area contributed by atoms with Crippen molar-refractivity contribution in [3.63, 3.8) is 0 Å². The summed E-state index contributed by atoms with van der Waals surface area (Å²) < 4.78 is 0. The molecule has 18 heavy (non-hydrogen) atoms. The van der Waals surface area contributed by atoms with Gasteiger partial charge in [0.2, 0.25) is 0 Å². The van der Waals surface area contributed by atoms with Crippen LogP contribution in [0.4, 0.5) is 0 Å². The normalized spacial score (nSPS) is 15.4. The summed E-state index contributed by atoms with van der Waals surface area (Å²) in [6.07, 6.45) is -2.41. The monoisotopic (exact) mass is 250 g/mol. The van der Waals surface area contributed by atoms with Crippen LogP contribution in [0.25, 0.3) is 0 Å². The number of carbonyl (C=O) groups excluding carboxylic acids is 2. The zero-order chi connectivity index (χ0) is 13.4. The van der Waals surface area contributed by atoms with Gasteiger partial charge in [-0.25, -0.2) is 4.79 Å². The minimum atomic E-state index is -2.41. The molecule has 0 saturated carbocycles. The van der Waals surface area contributed by atoms with Crippen molar-refractivity contribution in [2.45, 2.75) is 6.17 Å². The number of imide groups is 1. The highest BCUT2D eigenvalue weighted by Gasteiger charge is 2.49. The van der Waals surface area contributed by atoms with E-state index in [0.717, 1.165) is 0 Å². The topological polar surface area (TPSA) is 118 Å². The lowest BCUT2D eigenvalue weighted by molar-refractivity contribution is -0.527. The van der Waals surface area contributed by atoms with Crippen LogP contribution < -0.4 is 0 Å². The molecule has 2 rings (SSSR count). The number of carboxylic acid groups (broad SMARTS) is 1. The van der Waals surface area contributed by atoms with E-state index in [1.807, 2.05) is 0 Å².